The Hall–Kier alpha value is -2.48. The quantitative estimate of drug-likeness (QED) is 0.644. The van der Waals surface area contributed by atoms with Crippen molar-refractivity contribution in [2.45, 2.75) is 6.92 Å². The van der Waals surface area contributed by atoms with Gasteiger partial charge in [-0.25, -0.2) is 4.39 Å². The van der Waals surface area contributed by atoms with Gasteiger partial charge in [0, 0.05) is 11.6 Å². The van der Waals surface area contributed by atoms with Crippen LogP contribution in [0, 0.1) is 12.7 Å². The van der Waals surface area contributed by atoms with Crippen LogP contribution >= 0.6 is 0 Å². The molecule has 20 heavy (non-hydrogen) atoms. The minimum atomic E-state index is -0.212. The van der Waals surface area contributed by atoms with Gasteiger partial charge in [0.1, 0.15) is 5.82 Å². The van der Waals surface area contributed by atoms with Crippen LogP contribution in [-0.4, -0.2) is 4.98 Å². The van der Waals surface area contributed by atoms with Gasteiger partial charge in [0.25, 0.3) is 0 Å². The zero-order valence-electron chi connectivity index (χ0n) is 11.2. The Morgan fingerprint density at radius 3 is 2.70 bits per heavy atom. The molecule has 0 atom stereocenters. The summed E-state index contributed by atoms with van der Waals surface area (Å²) in [6, 6.07) is 15.1. The summed E-state index contributed by atoms with van der Waals surface area (Å²) in [5, 5.41) is 2.25. The summed E-state index contributed by atoms with van der Waals surface area (Å²) in [5.41, 5.74) is 2.65. The predicted molar refractivity (Wildman–Crippen MR) is 81.8 cm³/mol. The van der Waals surface area contributed by atoms with E-state index in [0.717, 1.165) is 27.6 Å². The number of benzene rings is 2. The van der Waals surface area contributed by atoms with Crippen LogP contribution in [0.3, 0.4) is 0 Å². The van der Waals surface area contributed by atoms with Crippen molar-refractivity contribution < 1.29 is 4.39 Å². The predicted octanol–water partition coefficient (Wildman–Crippen LogP) is 4.85. The highest BCUT2D eigenvalue weighted by Crippen LogP contribution is 2.19. The summed E-state index contributed by atoms with van der Waals surface area (Å²) in [6.07, 6.45) is 5.61. The van der Waals surface area contributed by atoms with Crippen molar-refractivity contribution in [3.63, 3.8) is 0 Å². The lowest BCUT2D eigenvalue weighted by atomic mass is 10.1. The number of fused-ring (bicyclic) bond motifs is 1. The second kappa shape index (κ2) is 5.25. The molecule has 3 aromatic rings. The molecular weight excluding hydrogens is 249 g/mol. The number of pyridine rings is 1. The van der Waals surface area contributed by atoms with Crippen LogP contribution in [0.25, 0.3) is 22.9 Å². The van der Waals surface area contributed by atoms with Gasteiger partial charge in [0.2, 0.25) is 0 Å². The van der Waals surface area contributed by atoms with Gasteiger partial charge < -0.3 is 0 Å². The van der Waals surface area contributed by atoms with Crippen LogP contribution in [0.1, 0.15) is 16.8 Å². The first kappa shape index (κ1) is 12.5. The van der Waals surface area contributed by atoms with E-state index in [2.05, 4.69) is 11.1 Å². The summed E-state index contributed by atoms with van der Waals surface area (Å²) in [4.78, 5) is 4.39. The normalized spacial score (nSPS) is 11.3. The van der Waals surface area contributed by atoms with Gasteiger partial charge in [-0.1, -0.05) is 36.4 Å². The Morgan fingerprint density at radius 2 is 1.85 bits per heavy atom. The van der Waals surface area contributed by atoms with E-state index in [1.54, 1.807) is 6.20 Å². The van der Waals surface area contributed by atoms with E-state index >= 15 is 0 Å². The Kier molecular flexibility index (Phi) is 3.30. The van der Waals surface area contributed by atoms with Crippen molar-refractivity contribution in [2.24, 2.45) is 0 Å². The van der Waals surface area contributed by atoms with Gasteiger partial charge >= 0.3 is 0 Å². The smallest absolute Gasteiger partial charge is 0.124 e. The number of nitrogens with zero attached hydrogens (tertiary/aromatic N) is 1. The van der Waals surface area contributed by atoms with Crippen LogP contribution < -0.4 is 0 Å². The van der Waals surface area contributed by atoms with Crippen molar-refractivity contribution in [3.05, 3.63) is 77.4 Å². The zero-order valence-corrected chi connectivity index (χ0v) is 11.2. The van der Waals surface area contributed by atoms with Gasteiger partial charge in [-0.05, 0) is 47.7 Å². The van der Waals surface area contributed by atoms with Crippen LogP contribution in [0.5, 0.6) is 0 Å². The third-order valence-corrected chi connectivity index (χ3v) is 3.20. The van der Waals surface area contributed by atoms with Gasteiger partial charge in [-0.3, -0.25) is 4.98 Å². The molecule has 0 unspecified atom stereocenters. The zero-order chi connectivity index (χ0) is 13.9. The minimum absolute atomic E-state index is 0.212. The van der Waals surface area contributed by atoms with Crippen molar-refractivity contribution in [3.8, 4) is 0 Å². The van der Waals surface area contributed by atoms with Crippen molar-refractivity contribution >= 4 is 22.9 Å². The fraction of sp³-hybridized carbons (Fsp3) is 0.0556. The first-order chi connectivity index (χ1) is 9.72. The molecule has 1 heterocycles. The maximum atomic E-state index is 13.4. The monoisotopic (exact) mass is 263 g/mol. The number of hydrogen-bond donors (Lipinski definition) is 0. The van der Waals surface area contributed by atoms with E-state index in [-0.39, 0.29) is 5.82 Å². The number of rotatable bonds is 2. The SMILES string of the molecule is Cc1cc(F)cc(C=Cc2nccc3ccccc23)c1. The molecule has 1 nitrogen and oxygen atoms in total. The molecule has 3 rings (SSSR count). The fourth-order valence-corrected chi connectivity index (χ4v) is 2.31. The van der Waals surface area contributed by atoms with Crippen LogP contribution in [-0.2, 0) is 0 Å². The molecule has 0 amide bonds. The van der Waals surface area contributed by atoms with Crippen LogP contribution in [0.15, 0.2) is 54.7 Å². The van der Waals surface area contributed by atoms with Crippen molar-refractivity contribution in [2.75, 3.05) is 0 Å². The lowest BCUT2D eigenvalue weighted by Gasteiger charge is -2.01. The first-order valence-electron chi connectivity index (χ1n) is 6.51. The summed E-state index contributed by atoms with van der Waals surface area (Å²) < 4.78 is 13.4. The van der Waals surface area contributed by atoms with E-state index in [1.807, 2.05) is 49.4 Å². The first-order valence-corrected chi connectivity index (χ1v) is 6.51. The largest absolute Gasteiger partial charge is 0.256 e. The fourth-order valence-electron chi connectivity index (χ4n) is 2.31. The van der Waals surface area contributed by atoms with Gasteiger partial charge in [0.15, 0.2) is 0 Å². The summed E-state index contributed by atoms with van der Waals surface area (Å²) in [7, 11) is 0. The average molecular weight is 263 g/mol. The molecule has 0 radical (unpaired) electrons. The molecule has 2 heteroatoms. The molecular formula is C18H14FN. The molecule has 0 fully saturated rings. The molecule has 0 N–H and O–H groups in total. The third kappa shape index (κ3) is 2.59. The molecule has 2 aromatic carbocycles. The standard InChI is InChI=1S/C18H14FN/c1-13-10-14(12-16(19)11-13)6-7-18-17-5-3-2-4-15(17)8-9-20-18/h2-12H,1H3. The van der Waals surface area contributed by atoms with Crippen molar-refractivity contribution in [1.82, 2.24) is 4.98 Å². The number of halogens is 1. The Bertz CT molecular complexity index is 765. The van der Waals surface area contributed by atoms with E-state index in [9.17, 15) is 4.39 Å². The molecule has 0 saturated carbocycles. The summed E-state index contributed by atoms with van der Waals surface area (Å²) in [5.74, 6) is -0.212. The highest BCUT2D eigenvalue weighted by molar-refractivity contribution is 5.91. The van der Waals surface area contributed by atoms with E-state index < -0.39 is 0 Å². The molecule has 0 spiro atoms. The topological polar surface area (TPSA) is 12.9 Å². The van der Waals surface area contributed by atoms with E-state index in [0.29, 0.717) is 0 Å². The lowest BCUT2D eigenvalue weighted by Crippen LogP contribution is -1.84. The van der Waals surface area contributed by atoms with Gasteiger partial charge in [-0.15, -0.1) is 0 Å². The molecule has 0 aliphatic heterocycles. The maximum absolute atomic E-state index is 13.4. The molecule has 0 saturated heterocycles. The second-order valence-corrected chi connectivity index (χ2v) is 4.81. The molecule has 98 valence electrons. The minimum Gasteiger partial charge on any atom is -0.256 e. The average Bonchev–Trinajstić information content (AvgIpc) is 2.44. The van der Waals surface area contributed by atoms with Gasteiger partial charge in [0.05, 0.1) is 5.69 Å². The number of hydrogen-bond acceptors (Lipinski definition) is 1. The van der Waals surface area contributed by atoms with E-state index in [1.165, 1.54) is 12.1 Å². The number of aromatic nitrogens is 1. The highest BCUT2D eigenvalue weighted by atomic mass is 19.1. The Morgan fingerprint density at radius 1 is 1.00 bits per heavy atom. The van der Waals surface area contributed by atoms with Crippen LogP contribution in [0.4, 0.5) is 4.39 Å². The molecule has 0 aliphatic carbocycles. The van der Waals surface area contributed by atoms with Gasteiger partial charge in [-0.2, -0.15) is 0 Å². The lowest BCUT2D eigenvalue weighted by molar-refractivity contribution is 0.626. The van der Waals surface area contributed by atoms with E-state index in [4.69, 9.17) is 0 Å². The second-order valence-electron chi connectivity index (χ2n) is 4.81. The third-order valence-electron chi connectivity index (χ3n) is 3.20. The molecule has 0 bridgehead atoms. The summed E-state index contributed by atoms with van der Waals surface area (Å²) >= 11 is 0. The maximum Gasteiger partial charge on any atom is 0.124 e. The molecule has 1 aromatic heterocycles. The highest BCUT2D eigenvalue weighted by Gasteiger charge is 1.99. The number of aryl methyl sites for hydroxylation is 1. The molecule has 0 aliphatic rings. The summed E-state index contributed by atoms with van der Waals surface area (Å²) in [6.45, 7) is 1.89. The van der Waals surface area contributed by atoms with Crippen molar-refractivity contribution in [1.29, 1.82) is 0 Å². The Labute approximate surface area is 117 Å². The van der Waals surface area contributed by atoms with Crippen LogP contribution in [0.2, 0.25) is 0 Å². The Balaban J connectivity index is 2.02.